The second kappa shape index (κ2) is 11.7. The van der Waals surface area contributed by atoms with Gasteiger partial charge in [-0.25, -0.2) is 9.10 Å². The van der Waals surface area contributed by atoms with Gasteiger partial charge >= 0.3 is 12.1 Å². The van der Waals surface area contributed by atoms with Gasteiger partial charge in [0.1, 0.15) is 11.1 Å². The molecule has 2 N–H and O–H groups in total. The first kappa shape index (κ1) is 28.9. The number of carboxylic acid groups (broad SMARTS) is 1. The summed E-state index contributed by atoms with van der Waals surface area (Å²) in [6, 6.07) is 17.3. The second-order valence-corrected chi connectivity index (χ2v) is 11.1. The molecule has 0 spiro atoms. The number of nitrogens with zero attached hydrogens (tertiary/aromatic N) is 2. The number of benzene rings is 3. The molecule has 214 valence electrons. The number of alkyl halides is 3. The molecule has 5 rings (SSSR count). The molecule has 1 aliphatic heterocycles. The molecule has 0 bridgehead atoms. The van der Waals surface area contributed by atoms with E-state index in [2.05, 4.69) is 0 Å². The first-order chi connectivity index (χ1) is 19.6. The molecule has 0 radical (unpaired) electrons. The predicted molar refractivity (Wildman–Crippen MR) is 153 cm³/mol. The summed E-state index contributed by atoms with van der Waals surface area (Å²) in [6.07, 6.45) is -3.67. The van der Waals surface area contributed by atoms with Crippen LogP contribution >= 0.6 is 11.9 Å². The first-order valence-electron chi connectivity index (χ1n) is 13.3. The van der Waals surface area contributed by atoms with Crippen molar-refractivity contribution >= 4 is 28.7 Å². The number of halogens is 3. The van der Waals surface area contributed by atoms with Gasteiger partial charge in [-0.1, -0.05) is 61.5 Å². The van der Waals surface area contributed by atoms with E-state index >= 15 is 0 Å². The summed E-state index contributed by atoms with van der Waals surface area (Å²) in [7, 11) is 0. The van der Waals surface area contributed by atoms with E-state index in [9.17, 15) is 33.0 Å². The van der Waals surface area contributed by atoms with Crippen LogP contribution in [0.3, 0.4) is 0 Å². The number of carboxylic acids is 1. The van der Waals surface area contributed by atoms with Crippen molar-refractivity contribution in [1.29, 1.82) is 0 Å². The Bertz CT molecular complexity index is 1660. The molecule has 2 heterocycles. The van der Waals surface area contributed by atoms with Crippen molar-refractivity contribution in [3.8, 4) is 11.1 Å². The van der Waals surface area contributed by atoms with Gasteiger partial charge < -0.3 is 10.2 Å². The number of aliphatic hydroxyl groups excluding tert-OH is 1. The van der Waals surface area contributed by atoms with Crippen LogP contribution in [0.4, 0.5) is 13.2 Å². The maximum Gasteiger partial charge on any atom is 0.416 e. The van der Waals surface area contributed by atoms with Crippen molar-refractivity contribution < 1.29 is 28.2 Å². The Kier molecular flexibility index (Phi) is 8.26. The molecule has 10 heteroatoms. The number of aliphatic hydroxyl groups is 1. The van der Waals surface area contributed by atoms with E-state index in [1.54, 1.807) is 17.3 Å². The molecule has 0 saturated heterocycles. The van der Waals surface area contributed by atoms with Crippen molar-refractivity contribution in [3.05, 3.63) is 99.3 Å². The summed E-state index contributed by atoms with van der Waals surface area (Å²) in [6.45, 7) is 2.05. The molecule has 1 unspecified atom stereocenters. The Labute approximate surface area is 239 Å². The molecule has 0 aliphatic carbocycles. The first-order valence-corrected chi connectivity index (χ1v) is 14.1. The summed E-state index contributed by atoms with van der Waals surface area (Å²) in [5, 5.41) is 21.8. The van der Waals surface area contributed by atoms with Crippen LogP contribution < -0.4 is 5.56 Å². The highest BCUT2D eigenvalue weighted by Crippen LogP contribution is 2.43. The summed E-state index contributed by atoms with van der Waals surface area (Å²) in [5.74, 6) is -1.21. The van der Waals surface area contributed by atoms with Crippen molar-refractivity contribution in [2.24, 2.45) is 0 Å². The number of hydrogen-bond donors (Lipinski definition) is 2. The molecule has 4 aromatic rings. The smallest absolute Gasteiger partial charge is 0.416 e. The molecule has 0 amide bonds. The highest BCUT2D eigenvalue weighted by Gasteiger charge is 2.37. The largest absolute Gasteiger partial charge is 0.480 e. The van der Waals surface area contributed by atoms with Gasteiger partial charge in [0.2, 0.25) is 0 Å². The van der Waals surface area contributed by atoms with Gasteiger partial charge in [0.25, 0.3) is 5.56 Å². The molecule has 6 nitrogen and oxygen atoms in total. The van der Waals surface area contributed by atoms with Gasteiger partial charge in [-0.2, -0.15) is 13.2 Å². The molecule has 41 heavy (non-hydrogen) atoms. The SMILES string of the molecule is CCc1c(Cc2cccc3ccccc23)c(-c2cccc(C(F)(F)F)c2)c2n(c1=O)C(C(=O)O)CN(CCCO)S2. The van der Waals surface area contributed by atoms with Crippen LogP contribution in [-0.2, 0) is 23.8 Å². The Morgan fingerprint density at radius 3 is 2.49 bits per heavy atom. The lowest BCUT2D eigenvalue weighted by molar-refractivity contribution is -0.141. The Morgan fingerprint density at radius 2 is 1.78 bits per heavy atom. The standard InChI is InChI=1S/C31H29F3N2O4S/c1-2-23-25(17-20-10-5-9-19-8-3-4-13-24(19)20)27(21-11-6-12-22(16-21)31(32,33)34)29-36(28(23)38)26(30(39)40)18-35(41-29)14-7-15-37/h3-6,8-13,16,26,37H,2,7,14-15,17-18H2,1H3,(H,39,40). The van der Waals surface area contributed by atoms with Crippen LogP contribution in [0, 0.1) is 0 Å². The lowest BCUT2D eigenvalue weighted by Crippen LogP contribution is -2.43. The number of rotatable bonds is 8. The molecular weight excluding hydrogens is 553 g/mol. The third kappa shape index (κ3) is 5.64. The molecule has 1 atom stereocenters. The number of carbonyl (C=O) groups is 1. The predicted octanol–water partition coefficient (Wildman–Crippen LogP) is 6.17. The fourth-order valence-corrected chi connectivity index (χ4v) is 6.80. The van der Waals surface area contributed by atoms with Crippen molar-refractivity contribution in [2.75, 3.05) is 19.7 Å². The van der Waals surface area contributed by atoms with E-state index < -0.39 is 29.3 Å². The monoisotopic (exact) mass is 582 g/mol. The highest BCUT2D eigenvalue weighted by atomic mass is 32.2. The van der Waals surface area contributed by atoms with Crippen LogP contribution in [0.5, 0.6) is 0 Å². The van der Waals surface area contributed by atoms with Crippen LogP contribution in [-0.4, -0.2) is 44.8 Å². The van der Waals surface area contributed by atoms with Crippen molar-refractivity contribution in [3.63, 3.8) is 0 Å². The van der Waals surface area contributed by atoms with Gasteiger partial charge in [-0.05, 0) is 70.8 Å². The highest BCUT2D eigenvalue weighted by molar-refractivity contribution is 7.97. The third-order valence-electron chi connectivity index (χ3n) is 7.41. The number of aromatic nitrogens is 1. The Morgan fingerprint density at radius 1 is 1.05 bits per heavy atom. The molecule has 0 saturated carbocycles. The minimum absolute atomic E-state index is 0.0146. The molecule has 1 aliphatic rings. The second-order valence-electron chi connectivity index (χ2n) is 9.97. The molecule has 0 fully saturated rings. The van der Waals surface area contributed by atoms with Crippen molar-refractivity contribution in [1.82, 2.24) is 8.87 Å². The van der Waals surface area contributed by atoms with Gasteiger partial charge in [-0.15, -0.1) is 0 Å². The minimum Gasteiger partial charge on any atom is -0.480 e. The van der Waals surface area contributed by atoms with E-state index in [1.807, 2.05) is 42.5 Å². The van der Waals surface area contributed by atoms with E-state index in [0.717, 1.165) is 40.4 Å². The van der Waals surface area contributed by atoms with E-state index in [0.29, 0.717) is 34.7 Å². The Hall–Kier alpha value is -3.60. The maximum absolute atomic E-state index is 14.0. The number of fused-ring (bicyclic) bond motifs is 2. The quantitative estimate of drug-likeness (QED) is 0.242. The third-order valence-corrected chi connectivity index (χ3v) is 8.57. The zero-order chi connectivity index (χ0) is 29.3. The van der Waals surface area contributed by atoms with E-state index in [4.69, 9.17) is 0 Å². The summed E-state index contributed by atoms with van der Waals surface area (Å²) in [4.78, 5) is 26.5. The van der Waals surface area contributed by atoms with Gasteiger partial charge in [0.05, 0.1) is 5.56 Å². The maximum atomic E-state index is 14.0. The van der Waals surface area contributed by atoms with Crippen LogP contribution in [0.25, 0.3) is 21.9 Å². The molecular formula is C31H29F3N2O4S. The van der Waals surface area contributed by atoms with Gasteiger partial charge in [0, 0.05) is 30.8 Å². The average molecular weight is 583 g/mol. The average Bonchev–Trinajstić information content (AvgIpc) is 2.95. The number of aliphatic carboxylic acids is 1. The number of hydrogen-bond acceptors (Lipinski definition) is 5. The molecule has 3 aromatic carbocycles. The minimum atomic E-state index is -4.59. The molecule has 1 aromatic heterocycles. The fourth-order valence-electron chi connectivity index (χ4n) is 5.49. The van der Waals surface area contributed by atoms with Crippen LogP contribution in [0.15, 0.2) is 76.6 Å². The van der Waals surface area contributed by atoms with Crippen molar-refractivity contribution in [2.45, 2.75) is 43.4 Å². The zero-order valence-corrected chi connectivity index (χ0v) is 23.1. The number of pyridine rings is 1. The topological polar surface area (TPSA) is 82.8 Å². The van der Waals surface area contributed by atoms with Gasteiger partial charge in [0.15, 0.2) is 0 Å². The summed E-state index contributed by atoms with van der Waals surface area (Å²) < 4.78 is 44.6. The van der Waals surface area contributed by atoms with E-state index in [1.165, 1.54) is 10.6 Å². The van der Waals surface area contributed by atoms with Crippen LogP contribution in [0.2, 0.25) is 0 Å². The lowest BCUT2D eigenvalue weighted by Gasteiger charge is -2.35. The summed E-state index contributed by atoms with van der Waals surface area (Å²) >= 11 is 1.16. The lowest BCUT2D eigenvalue weighted by atomic mass is 9.89. The Balaban J connectivity index is 1.84. The van der Waals surface area contributed by atoms with E-state index in [-0.39, 0.29) is 31.6 Å². The normalized spacial score (nSPS) is 15.7. The van der Waals surface area contributed by atoms with Crippen LogP contribution in [0.1, 0.15) is 41.6 Å². The fraction of sp³-hybridized carbons (Fsp3) is 0.290. The zero-order valence-electron chi connectivity index (χ0n) is 22.3. The summed E-state index contributed by atoms with van der Waals surface area (Å²) in [5.41, 5.74) is 1.27. The van der Waals surface area contributed by atoms with Gasteiger partial charge in [-0.3, -0.25) is 9.36 Å².